The lowest BCUT2D eigenvalue weighted by molar-refractivity contribution is -0.109. The van der Waals surface area contributed by atoms with Gasteiger partial charge in [0.05, 0.1) is 5.60 Å². The molecule has 1 unspecified atom stereocenters. The highest BCUT2D eigenvalue weighted by atomic mass is 16.5. The third kappa shape index (κ3) is 2.85. The number of ether oxygens (including phenoxy) is 1. The van der Waals surface area contributed by atoms with E-state index in [-0.39, 0.29) is 5.60 Å². The second-order valence-electron chi connectivity index (χ2n) is 6.97. The molecule has 0 bridgehead atoms. The second-order valence-corrected chi connectivity index (χ2v) is 6.97. The van der Waals surface area contributed by atoms with Crippen molar-refractivity contribution >= 4 is 0 Å². The molecule has 1 atom stereocenters. The average Bonchev–Trinajstić information content (AvgIpc) is 3.07. The molecule has 3 aliphatic rings. The van der Waals surface area contributed by atoms with Gasteiger partial charge in [-0.05, 0) is 43.9 Å². The summed E-state index contributed by atoms with van der Waals surface area (Å²) < 4.78 is 6.14. The first-order chi connectivity index (χ1) is 8.20. The standard InChI is InChI=1S/C15H27NO/c1-14(8-9-14)12-16-13-5-10-17-15(11-13)6-3-2-4-7-15/h13,16H,2-12H2,1H3. The van der Waals surface area contributed by atoms with Crippen molar-refractivity contribution in [3.8, 4) is 0 Å². The lowest BCUT2D eigenvalue weighted by Crippen LogP contribution is -2.48. The van der Waals surface area contributed by atoms with Gasteiger partial charge in [-0.15, -0.1) is 0 Å². The summed E-state index contributed by atoms with van der Waals surface area (Å²) in [5.41, 5.74) is 0.899. The van der Waals surface area contributed by atoms with Gasteiger partial charge in [-0.2, -0.15) is 0 Å². The highest BCUT2D eigenvalue weighted by Gasteiger charge is 2.41. The molecule has 1 heterocycles. The molecule has 1 spiro atoms. The molecule has 0 aromatic heterocycles. The molecule has 2 heteroatoms. The molecule has 1 saturated heterocycles. The van der Waals surface area contributed by atoms with Crippen LogP contribution in [0, 0.1) is 5.41 Å². The van der Waals surface area contributed by atoms with Crippen LogP contribution in [0.4, 0.5) is 0 Å². The zero-order chi connectivity index (χ0) is 11.8. The normalized spacial score (nSPS) is 34.8. The highest BCUT2D eigenvalue weighted by molar-refractivity contribution is 4.95. The predicted molar refractivity (Wildman–Crippen MR) is 70.1 cm³/mol. The molecule has 0 aromatic carbocycles. The van der Waals surface area contributed by atoms with Crippen LogP contribution in [0.15, 0.2) is 0 Å². The fraction of sp³-hybridized carbons (Fsp3) is 1.00. The van der Waals surface area contributed by atoms with E-state index in [9.17, 15) is 0 Å². The Kier molecular flexibility index (Phi) is 3.20. The van der Waals surface area contributed by atoms with Crippen molar-refractivity contribution in [2.24, 2.45) is 5.41 Å². The maximum absolute atomic E-state index is 6.14. The second kappa shape index (κ2) is 4.55. The quantitative estimate of drug-likeness (QED) is 0.813. The number of rotatable bonds is 3. The van der Waals surface area contributed by atoms with E-state index in [1.807, 2.05) is 0 Å². The lowest BCUT2D eigenvalue weighted by Gasteiger charge is -2.44. The van der Waals surface area contributed by atoms with Gasteiger partial charge in [0.2, 0.25) is 0 Å². The Hall–Kier alpha value is -0.0800. The van der Waals surface area contributed by atoms with E-state index in [1.54, 1.807) is 0 Å². The smallest absolute Gasteiger partial charge is 0.0697 e. The molecule has 1 aliphatic heterocycles. The van der Waals surface area contributed by atoms with Crippen molar-refractivity contribution in [2.45, 2.75) is 76.4 Å². The van der Waals surface area contributed by atoms with Crippen molar-refractivity contribution in [3.05, 3.63) is 0 Å². The summed E-state index contributed by atoms with van der Waals surface area (Å²) in [6.07, 6.45) is 12.1. The Balaban J connectivity index is 1.51. The molecule has 2 aliphatic carbocycles. The van der Waals surface area contributed by atoms with Crippen LogP contribution in [0.2, 0.25) is 0 Å². The summed E-state index contributed by atoms with van der Waals surface area (Å²) in [4.78, 5) is 0. The Morgan fingerprint density at radius 2 is 1.88 bits per heavy atom. The largest absolute Gasteiger partial charge is 0.375 e. The van der Waals surface area contributed by atoms with Crippen LogP contribution in [0.25, 0.3) is 0 Å². The zero-order valence-electron chi connectivity index (χ0n) is 11.3. The minimum Gasteiger partial charge on any atom is -0.375 e. The van der Waals surface area contributed by atoms with E-state index in [0.29, 0.717) is 5.41 Å². The summed E-state index contributed by atoms with van der Waals surface area (Å²) in [6, 6.07) is 0.722. The molecule has 1 N–H and O–H groups in total. The van der Waals surface area contributed by atoms with Crippen LogP contribution in [-0.4, -0.2) is 24.8 Å². The Morgan fingerprint density at radius 1 is 1.12 bits per heavy atom. The van der Waals surface area contributed by atoms with Gasteiger partial charge in [-0.3, -0.25) is 0 Å². The minimum absolute atomic E-state index is 0.263. The molecule has 3 fully saturated rings. The average molecular weight is 237 g/mol. The van der Waals surface area contributed by atoms with Crippen LogP contribution in [0.3, 0.4) is 0 Å². The predicted octanol–water partition coefficient (Wildman–Crippen LogP) is 3.26. The highest BCUT2D eigenvalue weighted by Crippen LogP contribution is 2.45. The van der Waals surface area contributed by atoms with E-state index >= 15 is 0 Å². The van der Waals surface area contributed by atoms with Gasteiger partial charge in [0.1, 0.15) is 0 Å². The lowest BCUT2D eigenvalue weighted by atomic mass is 9.78. The zero-order valence-corrected chi connectivity index (χ0v) is 11.3. The van der Waals surface area contributed by atoms with Crippen molar-refractivity contribution in [3.63, 3.8) is 0 Å². The van der Waals surface area contributed by atoms with E-state index in [4.69, 9.17) is 4.74 Å². The van der Waals surface area contributed by atoms with Crippen LogP contribution < -0.4 is 5.32 Å². The van der Waals surface area contributed by atoms with Gasteiger partial charge in [-0.25, -0.2) is 0 Å². The Labute approximate surface area is 105 Å². The molecular formula is C15H27NO. The summed E-state index contributed by atoms with van der Waals surface area (Å²) in [6.45, 7) is 4.62. The summed E-state index contributed by atoms with van der Waals surface area (Å²) >= 11 is 0. The molecule has 0 aromatic rings. The molecule has 17 heavy (non-hydrogen) atoms. The molecular weight excluding hydrogens is 210 g/mol. The van der Waals surface area contributed by atoms with Gasteiger partial charge >= 0.3 is 0 Å². The Bertz CT molecular complexity index is 261. The van der Waals surface area contributed by atoms with E-state index < -0.39 is 0 Å². The number of hydrogen-bond donors (Lipinski definition) is 1. The monoisotopic (exact) mass is 237 g/mol. The van der Waals surface area contributed by atoms with Crippen LogP contribution in [0.5, 0.6) is 0 Å². The van der Waals surface area contributed by atoms with Gasteiger partial charge in [0.15, 0.2) is 0 Å². The topological polar surface area (TPSA) is 21.3 Å². The molecule has 3 rings (SSSR count). The van der Waals surface area contributed by atoms with Crippen molar-refractivity contribution in [1.82, 2.24) is 5.32 Å². The first-order valence-corrected chi connectivity index (χ1v) is 7.57. The first-order valence-electron chi connectivity index (χ1n) is 7.57. The molecule has 2 nitrogen and oxygen atoms in total. The van der Waals surface area contributed by atoms with E-state index in [0.717, 1.165) is 12.6 Å². The number of nitrogens with one attached hydrogen (secondary N) is 1. The maximum atomic E-state index is 6.14. The summed E-state index contributed by atoms with van der Waals surface area (Å²) in [5.74, 6) is 0. The van der Waals surface area contributed by atoms with Crippen molar-refractivity contribution in [1.29, 1.82) is 0 Å². The summed E-state index contributed by atoms with van der Waals surface area (Å²) in [5, 5.41) is 3.82. The van der Waals surface area contributed by atoms with E-state index in [2.05, 4.69) is 12.2 Å². The van der Waals surface area contributed by atoms with Crippen LogP contribution in [-0.2, 0) is 4.74 Å². The third-order valence-electron chi connectivity index (χ3n) is 5.18. The maximum Gasteiger partial charge on any atom is 0.0697 e. The van der Waals surface area contributed by atoms with Crippen LogP contribution >= 0.6 is 0 Å². The molecule has 0 radical (unpaired) electrons. The summed E-state index contributed by atoms with van der Waals surface area (Å²) in [7, 11) is 0. The minimum atomic E-state index is 0.263. The van der Waals surface area contributed by atoms with Gasteiger partial charge in [0.25, 0.3) is 0 Å². The first kappa shape index (κ1) is 12.0. The SMILES string of the molecule is CC1(CNC2CCOC3(CCCCC3)C2)CC1. The third-order valence-corrected chi connectivity index (χ3v) is 5.18. The van der Waals surface area contributed by atoms with Gasteiger partial charge in [0, 0.05) is 19.2 Å². The van der Waals surface area contributed by atoms with Crippen molar-refractivity contribution in [2.75, 3.05) is 13.2 Å². The molecule has 2 saturated carbocycles. The fourth-order valence-corrected chi connectivity index (χ4v) is 3.53. The molecule has 0 amide bonds. The van der Waals surface area contributed by atoms with Crippen molar-refractivity contribution < 1.29 is 4.74 Å². The molecule has 98 valence electrons. The Morgan fingerprint density at radius 3 is 2.59 bits per heavy atom. The van der Waals surface area contributed by atoms with E-state index in [1.165, 1.54) is 64.3 Å². The van der Waals surface area contributed by atoms with Gasteiger partial charge in [-0.1, -0.05) is 26.2 Å². The fourth-order valence-electron chi connectivity index (χ4n) is 3.53. The van der Waals surface area contributed by atoms with Gasteiger partial charge < -0.3 is 10.1 Å². The number of hydrogen-bond acceptors (Lipinski definition) is 2. The van der Waals surface area contributed by atoms with Crippen LogP contribution in [0.1, 0.15) is 64.7 Å².